The Hall–Kier alpha value is -0.120. The van der Waals surface area contributed by atoms with E-state index in [1.807, 2.05) is 0 Å². The summed E-state index contributed by atoms with van der Waals surface area (Å²) in [5, 5.41) is 9.40. The van der Waals surface area contributed by atoms with Crippen molar-refractivity contribution in [3.63, 3.8) is 0 Å². The lowest BCUT2D eigenvalue weighted by Crippen LogP contribution is -2.64. The molecule has 3 nitrogen and oxygen atoms in total. The molecule has 58 valence electrons. The van der Waals surface area contributed by atoms with E-state index in [4.69, 9.17) is 0 Å². The number of aliphatic hydroxyl groups excluding tert-OH is 1. The number of hydrogen-bond donors (Lipinski definition) is 1. The summed E-state index contributed by atoms with van der Waals surface area (Å²) in [6.45, 7) is 6.30. The molecule has 0 aromatic carbocycles. The second kappa shape index (κ2) is 2.19. The maximum Gasteiger partial charge on any atom is 0.120 e. The van der Waals surface area contributed by atoms with Gasteiger partial charge in [0.2, 0.25) is 0 Å². The molecule has 3 fully saturated rings. The van der Waals surface area contributed by atoms with Gasteiger partial charge in [-0.05, 0) is 6.92 Å². The first-order valence-corrected chi connectivity index (χ1v) is 3.93. The zero-order chi connectivity index (χ0) is 7.14. The summed E-state index contributed by atoms with van der Waals surface area (Å²) in [7, 11) is 0. The number of nitrogens with zero attached hydrogens (tertiary/aromatic N) is 2. The maximum absolute atomic E-state index is 9.40. The molecule has 0 aromatic rings. The molecule has 3 aliphatic heterocycles. The van der Waals surface area contributed by atoms with E-state index in [2.05, 4.69) is 16.7 Å². The van der Waals surface area contributed by atoms with Crippen LogP contribution in [0.25, 0.3) is 0 Å². The minimum atomic E-state index is -0.190. The third-order valence-corrected chi connectivity index (χ3v) is 2.62. The molecule has 10 heavy (non-hydrogen) atoms. The maximum atomic E-state index is 9.40. The Kier molecular flexibility index (Phi) is 1.44. The van der Waals surface area contributed by atoms with Gasteiger partial charge in [0.05, 0.1) is 0 Å². The minimum absolute atomic E-state index is 0.190. The van der Waals surface area contributed by atoms with Crippen molar-refractivity contribution >= 4 is 0 Å². The van der Waals surface area contributed by atoms with Gasteiger partial charge < -0.3 is 5.11 Å². The molecule has 0 aromatic heterocycles. The van der Waals surface area contributed by atoms with Crippen molar-refractivity contribution in [3.05, 3.63) is 0 Å². The lowest BCUT2D eigenvalue weighted by molar-refractivity contribution is -0.115. The van der Waals surface area contributed by atoms with Crippen LogP contribution in [0.4, 0.5) is 0 Å². The molecule has 3 heteroatoms. The average molecular weight is 142 g/mol. The first-order valence-electron chi connectivity index (χ1n) is 3.93. The van der Waals surface area contributed by atoms with Crippen LogP contribution in [0.5, 0.6) is 0 Å². The van der Waals surface area contributed by atoms with Crippen LogP contribution in [-0.4, -0.2) is 53.4 Å². The fraction of sp³-hybridized carbons (Fsp3) is 1.00. The van der Waals surface area contributed by atoms with Gasteiger partial charge in [-0.2, -0.15) is 0 Å². The molecule has 3 heterocycles. The van der Waals surface area contributed by atoms with E-state index in [1.165, 1.54) is 0 Å². The first-order chi connectivity index (χ1) is 4.77. The SMILES string of the molecule is CC1CN2CCN1CC2O. The van der Waals surface area contributed by atoms with Crippen LogP contribution in [0, 0.1) is 0 Å². The molecule has 0 radical (unpaired) electrons. The average Bonchev–Trinajstić information content (AvgIpc) is 1.91. The highest BCUT2D eigenvalue weighted by molar-refractivity contribution is 4.87. The van der Waals surface area contributed by atoms with Gasteiger partial charge in [-0.1, -0.05) is 0 Å². The standard InChI is InChI=1S/C7H14N2O/c1-6-4-9-3-2-8(6)5-7(9)10/h6-7,10H,2-5H2,1H3. The summed E-state index contributed by atoms with van der Waals surface area (Å²) in [4.78, 5) is 4.51. The molecular formula is C7H14N2O. The normalized spacial score (nSPS) is 53.4. The lowest BCUT2D eigenvalue weighted by Gasteiger charge is -2.49. The van der Waals surface area contributed by atoms with E-state index in [-0.39, 0.29) is 6.23 Å². The second-order valence-corrected chi connectivity index (χ2v) is 3.32. The van der Waals surface area contributed by atoms with E-state index >= 15 is 0 Å². The molecule has 3 aliphatic rings. The molecule has 0 saturated carbocycles. The molecular weight excluding hydrogens is 128 g/mol. The topological polar surface area (TPSA) is 26.7 Å². The highest BCUT2D eigenvalue weighted by Gasteiger charge is 2.34. The van der Waals surface area contributed by atoms with E-state index in [1.54, 1.807) is 0 Å². The summed E-state index contributed by atoms with van der Waals surface area (Å²) in [6, 6.07) is 0.650. The van der Waals surface area contributed by atoms with Gasteiger partial charge >= 0.3 is 0 Å². The summed E-state index contributed by atoms with van der Waals surface area (Å²) < 4.78 is 0. The quantitative estimate of drug-likeness (QED) is 0.485. The van der Waals surface area contributed by atoms with Crippen LogP contribution in [-0.2, 0) is 0 Å². The van der Waals surface area contributed by atoms with Gasteiger partial charge in [-0.15, -0.1) is 0 Å². The Labute approximate surface area is 61.2 Å². The Morgan fingerprint density at radius 1 is 1.20 bits per heavy atom. The number of hydrogen-bond acceptors (Lipinski definition) is 3. The highest BCUT2D eigenvalue weighted by Crippen LogP contribution is 2.18. The zero-order valence-corrected chi connectivity index (χ0v) is 6.32. The Morgan fingerprint density at radius 2 is 1.90 bits per heavy atom. The van der Waals surface area contributed by atoms with Crippen molar-refractivity contribution < 1.29 is 5.11 Å². The largest absolute Gasteiger partial charge is 0.377 e. The molecule has 3 rings (SSSR count). The molecule has 0 aliphatic carbocycles. The van der Waals surface area contributed by atoms with Crippen LogP contribution in [0.1, 0.15) is 6.92 Å². The molecule has 4 atom stereocenters. The molecule has 3 saturated heterocycles. The lowest BCUT2D eigenvalue weighted by atomic mass is 10.1. The van der Waals surface area contributed by atoms with Crippen molar-refractivity contribution in [1.82, 2.24) is 9.80 Å². The van der Waals surface area contributed by atoms with Crippen molar-refractivity contribution in [2.75, 3.05) is 26.2 Å². The van der Waals surface area contributed by atoms with Crippen LogP contribution in [0.2, 0.25) is 0 Å². The van der Waals surface area contributed by atoms with Crippen molar-refractivity contribution in [3.8, 4) is 0 Å². The van der Waals surface area contributed by atoms with Crippen LogP contribution in [0.3, 0.4) is 0 Å². The molecule has 0 amide bonds. The van der Waals surface area contributed by atoms with E-state index in [9.17, 15) is 5.11 Å². The Balaban J connectivity index is 2.09. The number of rotatable bonds is 0. The van der Waals surface area contributed by atoms with Gasteiger partial charge in [-0.25, -0.2) is 0 Å². The van der Waals surface area contributed by atoms with Gasteiger partial charge in [0.1, 0.15) is 6.23 Å². The monoisotopic (exact) mass is 142 g/mol. The van der Waals surface area contributed by atoms with Crippen molar-refractivity contribution in [1.29, 1.82) is 0 Å². The van der Waals surface area contributed by atoms with Crippen molar-refractivity contribution in [2.45, 2.75) is 19.2 Å². The highest BCUT2D eigenvalue weighted by atomic mass is 16.3. The van der Waals surface area contributed by atoms with E-state index in [0.29, 0.717) is 6.04 Å². The molecule has 1 N–H and O–H groups in total. The summed E-state index contributed by atoms with van der Waals surface area (Å²) >= 11 is 0. The van der Waals surface area contributed by atoms with Crippen LogP contribution in [0.15, 0.2) is 0 Å². The fourth-order valence-electron chi connectivity index (χ4n) is 1.89. The smallest absolute Gasteiger partial charge is 0.120 e. The van der Waals surface area contributed by atoms with Crippen LogP contribution < -0.4 is 0 Å². The van der Waals surface area contributed by atoms with Gasteiger partial charge in [0, 0.05) is 32.2 Å². The zero-order valence-electron chi connectivity index (χ0n) is 6.32. The first kappa shape index (κ1) is 6.58. The summed E-state index contributed by atoms with van der Waals surface area (Å²) in [5.41, 5.74) is 0. The third kappa shape index (κ3) is 0.856. The second-order valence-electron chi connectivity index (χ2n) is 3.32. The van der Waals surface area contributed by atoms with E-state index in [0.717, 1.165) is 26.2 Å². The number of aliphatic hydroxyl groups is 1. The van der Waals surface area contributed by atoms with Gasteiger partial charge in [-0.3, -0.25) is 9.80 Å². The van der Waals surface area contributed by atoms with Gasteiger partial charge in [0.25, 0.3) is 0 Å². The summed E-state index contributed by atoms with van der Waals surface area (Å²) in [5.74, 6) is 0. The summed E-state index contributed by atoms with van der Waals surface area (Å²) in [6.07, 6.45) is -0.190. The predicted molar refractivity (Wildman–Crippen MR) is 38.6 cm³/mol. The van der Waals surface area contributed by atoms with Crippen LogP contribution >= 0.6 is 0 Å². The minimum Gasteiger partial charge on any atom is -0.377 e. The third-order valence-electron chi connectivity index (χ3n) is 2.62. The Morgan fingerprint density at radius 3 is 2.20 bits per heavy atom. The van der Waals surface area contributed by atoms with E-state index < -0.39 is 0 Å². The predicted octanol–water partition coefficient (Wildman–Crippen LogP) is -0.676. The molecule has 4 unspecified atom stereocenters. The molecule has 2 bridgehead atoms. The number of fused-ring (bicyclic) bond motifs is 3. The van der Waals surface area contributed by atoms with Gasteiger partial charge in [0.15, 0.2) is 0 Å². The molecule has 0 spiro atoms. The van der Waals surface area contributed by atoms with Crippen molar-refractivity contribution in [2.24, 2.45) is 0 Å². The Bertz CT molecular complexity index is 124. The fourth-order valence-corrected chi connectivity index (χ4v) is 1.89. The number of piperazine rings is 3.